The van der Waals surface area contributed by atoms with Crippen molar-refractivity contribution in [2.24, 2.45) is 5.73 Å². The summed E-state index contributed by atoms with van der Waals surface area (Å²) in [6.45, 7) is 1.60. The molecule has 0 heterocycles. The zero-order valence-corrected chi connectivity index (χ0v) is 22.1. The number of nitrogens with one attached hydrogen (secondary N) is 3. The summed E-state index contributed by atoms with van der Waals surface area (Å²) < 4.78 is 5.84. The van der Waals surface area contributed by atoms with E-state index in [9.17, 15) is 0 Å². The largest absolute Gasteiger partial charge is 0.494 e. The van der Waals surface area contributed by atoms with Crippen LogP contribution in [0.25, 0.3) is 11.1 Å². The Kier molecular flexibility index (Phi) is 9.53. The minimum Gasteiger partial charge on any atom is -0.494 e. The van der Waals surface area contributed by atoms with Crippen molar-refractivity contribution in [3.63, 3.8) is 0 Å². The summed E-state index contributed by atoms with van der Waals surface area (Å²) >= 11 is 10.5. The van der Waals surface area contributed by atoms with Crippen LogP contribution in [0.15, 0.2) is 72.8 Å². The van der Waals surface area contributed by atoms with Gasteiger partial charge in [-0.2, -0.15) is 0 Å². The maximum atomic E-state index is 5.84. The molecule has 0 radical (unpaired) electrons. The van der Waals surface area contributed by atoms with Crippen molar-refractivity contribution in [1.29, 1.82) is 0 Å². The Morgan fingerprint density at radius 3 is 2.11 bits per heavy atom. The lowest BCUT2D eigenvalue weighted by Gasteiger charge is -2.18. The first-order valence-electron chi connectivity index (χ1n) is 12.6. The van der Waals surface area contributed by atoms with E-state index in [-0.39, 0.29) is 11.2 Å². The van der Waals surface area contributed by atoms with Gasteiger partial charge in [-0.15, -0.1) is 0 Å². The number of unbranched alkanes of at least 4 members (excludes halogenated alkanes) is 5. The lowest BCUT2D eigenvalue weighted by molar-refractivity contribution is 0.304. The fourth-order valence-electron chi connectivity index (χ4n) is 4.63. The van der Waals surface area contributed by atoms with Crippen molar-refractivity contribution in [2.75, 3.05) is 18.5 Å². The summed E-state index contributed by atoms with van der Waals surface area (Å²) in [6, 6.07) is 24.9. The van der Waals surface area contributed by atoms with Crippen molar-refractivity contribution < 1.29 is 4.74 Å². The van der Waals surface area contributed by atoms with Crippen LogP contribution in [0.1, 0.15) is 55.7 Å². The molecule has 7 heteroatoms. The number of ether oxygens (including phenoxy) is 1. The van der Waals surface area contributed by atoms with Crippen LogP contribution in [-0.2, 0) is 0 Å². The zero-order valence-electron chi connectivity index (χ0n) is 20.5. The van der Waals surface area contributed by atoms with Crippen molar-refractivity contribution >= 4 is 40.3 Å². The molecule has 0 amide bonds. The Bertz CT molecular complexity index is 1140. The Morgan fingerprint density at radius 2 is 1.42 bits per heavy atom. The number of nitrogens with two attached hydrogens (primary N) is 1. The van der Waals surface area contributed by atoms with E-state index in [1.165, 1.54) is 47.9 Å². The van der Waals surface area contributed by atoms with Gasteiger partial charge in [-0.25, -0.2) is 0 Å². The second kappa shape index (κ2) is 13.2. The van der Waals surface area contributed by atoms with Gasteiger partial charge >= 0.3 is 0 Å². The third-order valence-electron chi connectivity index (χ3n) is 6.34. The Hall–Kier alpha value is -3.16. The molecule has 0 fully saturated rings. The molecule has 1 aliphatic carbocycles. The first-order chi connectivity index (χ1) is 17.6. The van der Waals surface area contributed by atoms with Crippen LogP contribution in [0.4, 0.5) is 5.69 Å². The lowest BCUT2D eigenvalue weighted by atomic mass is 10.1. The molecule has 5 nitrogen and oxygen atoms in total. The predicted molar refractivity (Wildman–Crippen MR) is 158 cm³/mol. The van der Waals surface area contributed by atoms with Crippen LogP contribution in [0.5, 0.6) is 5.75 Å². The minimum atomic E-state index is 0.108. The normalized spacial score (nSPS) is 11.9. The highest BCUT2D eigenvalue weighted by atomic mass is 32.1. The molecule has 188 valence electrons. The van der Waals surface area contributed by atoms with E-state index in [0.717, 1.165) is 35.9 Å². The molecule has 0 aromatic heterocycles. The molecule has 36 heavy (non-hydrogen) atoms. The minimum absolute atomic E-state index is 0.108. The molecule has 0 aliphatic heterocycles. The van der Waals surface area contributed by atoms with E-state index in [1.54, 1.807) is 0 Å². The number of hydrogen-bond donors (Lipinski definition) is 4. The molecule has 0 atom stereocenters. The van der Waals surface area contributed by atoms with Crippen LogP contribution in [-0.4, -0.2) is 23.4 Å². The molecule has 5 N–H and O–H groups in total. The third kappa shape index (κ3) is 7.18. The smallest absolute Gasteiger partial charge is 0.168 e. The van der Waals surface area contributed by atoms with Crippen LogP contribution in [0, 0.1) is 0 Å². The monoisotopic (exact) mass is 518 g/mol. The van der Waals surface area contributed by atoms with Gasteiger partial charge in [0, 0.05) is 18.3 Å². The van der Waals surface area contributed by atoms with E-state index in [4.69, 9.17) is 34.9 Å². The summed E-state index contributed by atoms with van der Waals surface area (Å²) in [4.78, 5) is 0. The summed E-state index contributed by atoms with van der Waals surface area (Å²) in [5, 5.41) is 10.8. The molecule has 4 rings (SSSR count). The number of thiocarbonyl (C=S) groups is 2. The topological polar surface area (TPSA) is 71.3 Å². The van der Waals surface area contributed by atoms with Crippen molar-refractivity contribution in [3.8, 4) is 16.9 Å². The maximum Gasteiger partial charge on any atom is 0.168 e. The van der Waals surface area contributed by atoms with Gasteiger partial charge in [0.2, 0.25) is 0 Å². The van der Waals surface area contributed by atoms with E-state index in [2.05, 4.69) is 64.5 Å². The molecule has 0 unspecified atom stereocenters. The maximum absolute atomic E-state index is 5.84. The highest BCUT2D eigenvalue weighted by molar-refractivity contribution is 7.80. The molecular formula is C29H34N4OS2. The Balaban J connectivity index is 1.06. The van der Waals surface area contributed by atoms with Crippen LogP contribution in [0.2, 0.25) is 0 Å². The van der Waals surface area contributed by atoms with Crippen LogP contribution >= 0.6 is 24.4 Å². The second-order valence-electron chi connectivity index (χ2n) is 8.99. The van der Waals surface area contributed by atoms with E-state index >= 15 is 0 Å². The van der Waals surface area contributed by atoms with Gasteiger partial charge in [-0.3, -0.25) is 0 Å². The number of hydrogen-bond acceptors (Lipinski definition) is 3. The SMILES string of the molecule is NC(=S)Nc1cccc(OCCCCCCCCNC(=S)NC2c3ccccc3-c3ccccc32)c1. The van der Waals surface area contributed by atoms with Gasteiger partial charge in [-0.1, -0.05) is 80.3 Å². The van der Waals surface area contributed by atoms with Gasteiger partial charge < -0.3 is 26.4 Å². The number of benzene rings is 3. The van der Waals surface area contributed by atoms with Crippen LogP contribution in [0.3, 0.4) is 0 Å². The molecule has 3 aromatic carbocycles. The molecule has 3 aromatic rings. The fraction of sp³-hybridized carbons (Fsp3) is 0.310. The van der Waals surface area contributed by atoms with Gasteiger partial charge in [0.1, 0.15) is 5.75 Å². The molecule has 0 bridgehead atoms. The van der Waals surface area contributed by atoms with Crippen LogP contribution < -0.4 is 26.4 Å². The highest BCUT2D eigenvalue weighted by Gasteiger charge is 2.28. The van der Waals surface area contributed by atoms with Gasteiger partial charge in [0.25, 0.3) is 0 Å². The third-order valence-corrected chi connectivity index (χ3v) is 6.70. The summed E-state index contributed by atoms with van der Waals surface area (Å²) in [7, 11) is 0. The summed E-state index contributed by atoms with van der Waals surface area (Å²) in [5.41, 5.74) is 11.5. The van der Waals surface area contributed by atoms with Gasteiger partial charge in [-0.05, 0) is 71.7 Å². The quantitative estimate of drug-likeness (QED) is 0.166. The standard InChI is InChI=1S/C29H34N4OS2/c30-28(35)32-21-12-11-13-22(20-21)34-19-10-4-2-1-3-9-18-31-29(36)33-27-25-16-7-5-14-23(25)24-15-6-8-17-26(24)27/h5-8,11-17,20,27H,1-4,9-10,18-19H2,(H3,30,32,35)(H2,31,33,36). The van der Waals surface area contributed by atoms with E-state index in [1.807, 2.05) is 24.3 Å². The molecule has 1 aliphatic rings. The highest BCUT2D eigenvalue weighted by Crippen LogP contribution is 2.42. The van der Waals surface area contributed by atoms with Crippen molar-refractivity contribution in [3.05, 3.63) is 83.9 Å². The average Bonchev–Trinajstić information content (AvgIpc) is 3.19. The van der Waals surface area contributed by atoms with Gasteiger partial charge in [0.05, 0.1) is 12.6 Å². The van der Waals surface area contributed by atoms with E-state index < -0.39 is 0 Å². The molecule has 0 saturated heterocycles. The molecule has 0 spiro atoms. The fourth-order valence-corrected chi connectivity index (χ4v) is 4.96. The summed E-state index contributed by atoms with van der Waals surface area (Å²) in [6.07, 6.45) is 6.95. The zero-order chi connectivity index (χ0) is 25.2. The van der Waals surface area contributed by atoms with E-state index in [0.29, 0.717) is 6.61 Å². The number of anilines is 1. The van der Waals surface area contributed by atoms with Crippen molar-refractivity contribution in [2.45, 2.75) is 44.6 Å². The molecule has 0 saturated carbocycles. The first-order valence-corrected chi connectivity index (χ1v) is 13.5. The lowest BCUT2D eigenvalue weighted by Crippen LogP contribution is -2.38. The average molecular weight is 519 g/mol. The first kappa shape index (κ1) is 25.9. The number of rotatable bonds is 12. The molecular weight excluding hydrogens is 484 g/mol. The number of fused-ring (bicyclic) bond motifs is 3. The Labute approximate surface area is 224 Å². The summed E-state index contributed by atoms with van der Waals surface area (Å²) in [5.74, 6) is 0.830. The predicted octanol–water partition coefficient (Wildman–Crippen LogP) is 6.30. The van der Waals surface area contributed by atoms with Crippen molar-refractivity contribution in [1.82, 2.24) is 10.6 Å². The van der Waals surface area contributed by atoms with Gasteiger partial charge in [0.15, 0.2) is 10.2 Å². The Morgan fingerprint density at radius 1 is 0.778 bits per heavy atom. The second-order valence-corrected chi connectivity index (χ2v) is 9.84.